The Hall–Kier alpha value is -2.84. The van der Waals surface area contributed by atoms with Gasteiger partial charge in [-0.2, -0.15) is 9.50 Å². The number of anilines is 2. The third kappa shape index (κ3) is 3.96. The van der Waals surface area contributed by atoms with Crippen molar-refractivity contribution in [2.75, 3.05) is 10.6 Å². The van der Waals surface area contributed by atoms with Crippen LogP contribution in [-0.4, -0.2) is 19.6 Å². The van der Waals surface area contributed by atoms with E-state index >= 15 is 0 Å². The average molecular weight is 401 g/mol. The summed E-state index contributed by atoms with van der Waals surface area (Å²) in [6.07, 6.45) is 0. The number of thiophene rings is 1. The highest BCUT2D eigenvalue weighted by Crippen LogP contribution is 2.20. The lowest BCUT2D eigenvalue weighted by Gasteiger charge is -2.07. The fourth-order valence-corrected chi connectivity index (χ4v) is 3.40. The summed E-state index contributed by atoms with van der Waals surface area (Å²) in [4.78, 5) is 22.3. The van der Waals surface area contributed by atoms with Crippen molar-refractivity contribution in [1.29, 1.82) is 0 Å². The SMILES string of the molecule is Cc1ccc(NCc2cc(=O)n3[nH]c(NCc4cccs4)nc3n2)cc1Cl. The van der Waals surface area contributed by atoms with Crippen molar-refractivity contribution in [3.8, 4) is 0 Å². The number of fused-ring (bicyclic) bond motifs is 1. The maximum Gasteiger partial charge on any atom is 0.274 e. The van der Waals surface area contributed by atoms with Crippen LogP contribution >= 0.6 is 22.9 Å². The Labute approximate surface area is 164 Å². The first-order valence-corrected chi connectivity index (χ1v) is 9.59. The third-order valence-electron chi connectivity index (χ3n) is 4.04. The maximum atomic E-state index is 12.3. The number of nitrogens with one attached hydrogen (secondary N) is 3. The average Bonchev–Trinajstić information content (AvgIpc) is 3.30. The van der Waals surface area contributed by atoms with E-state index in [2.05, 4.69) is 25.7 Å². The number of rotatable bonds is 6. The van der Waals surface area contributed by atoms with Gasteiger partial charge in [-0.25, -0.2) is 4.98 Å². The molecule has 9 heteroatoms. The Balaban J connectivity index is 1.50. The van der Waals surface area contributed by atoms with Gasteiger partial charge in [-0.3, -0.25) is 9.89 Å². The van der Waals surface area contributed by atoms with E-state index in [4.69, 9.17) is 11.6 Å². The van der Waals surface area contributed by atoms with Crippen LogP contribution in [0.25, 0.3) is 5.78 Å². The van der Waals surface area contributed by atoms with Gasteiger partial charge < -0.3 is 10.6 Å². The topological polar surface area (TPSA) is 87.1 Å². The summed E-state index contributed by atoms with van der Waals surface area (Å²) in [5.74, 6) is 0.832. The molecule has 0 aliphatic heterocycles. The molecule has 4 rings (SSSR count). The van der Waals surface area contributed by atoms with Gasteiger partial charge in [0.15, 0.2) is 0 Å². The lowest BCUT2D eigenvalue weighted by atomic mass is 10.2. The van der Waals surface area contributed by atoms with Gasteiger partial charge in [-0.15, -0.1) is 11.3 Å². The van der Waals surface area contributed by atoms with Crippen molar-refractivity contribution in [3.05, 3.63) is 73.3 Å². The molecule has 0 fully saturated rings. The van der Waals surface area contributed by atoms with Gasteiger partial charge in [0.05, 0.1) is 18.8 Å². The van der Waals surface area contributed by atoms with E-state index in [-0.39, 0.29) is 5.56 Å². The largest absolute Gasteiger partial charge is 0.379 e. The minimum absolute atomic E-state index is 0.213. The van der Waals surface area contributed by atoms with Gasteiger partial charge in [0.1, 0.15) is 0 Å². The fraction of sp³-hybridized carbons (Fsp3) is 0.167. The van der Waals surface area contributed by atoms with Crippen LogP contribution in [0.2, 0.25) is 5.02 Å². The highest BCUT2D eigenvalue weighted by Gasteiger charge is 2.08. The van der Waals surface area contributed by atoms with Crippen LogP contribution in [0.5, 0.6) is 0 Å². The Morgan fingerprint density at radius 2 is 2.07 bits per heavy atom. The first-order chi connectivity index (χ1) is 13.1. The molecule has 3 N–H and O–H groups in total. The zero-order valence-corrected chi connectivity index (χ0v) is 16.1. The smallest absolute Gasteiger partial charge is 0.274 e. The molecule has 27 heavy (non-hydrogen) atoms. The number of aromatic nitrogens is 4. The second-order valence-electron chi connectivity index (χ2n) is 6.04. The van der Waals surface area contributed by atoms with Crippen LogP contribution in [-0.2, 0) is 13.1 Å². The van der Waals surface area contributed by atoms with E-state index < -0.39 is 0 Å². The molecule has 0 amide bonds. The normalized spacial score (nSPS) is 11.0. The van der Waals surface area contributed by atoms with Crippen molar-refractivity contribution in [1.82, 2.24) is 19.6 Å². The van der Waals surface area contributed by atoms with E-state index in [1.54, 1.807) is 11.3 Å². The van der Waals surface area contributed by atoms with Crippen molar-refractivity contribution in [2.45, 2.75) is 20.0 Å². The Bertz CT molecular complexity index is 1130. The van der Waals surface area contributed by atoms with E-state index in [1.165, 1.54) is 15.5 Å². The van der Waals surface area contributed by atoms with E-state index in [1.807, 2.05) is 42.6 Å². The number of hydrogen-bond acceptors (Lipinski definition) is 6. The minimum atomic E-state index is -0.213. The Morgan fingerprint density at radius 3 is 2.85 bits per heavy atom. The van der Waals surface area contributed by atoms with Crippen LogP contribution in [0, 0.1) is 6.92 Å². The number of benzene rings is 1. The molecule has 0 unspecified atom stereocenters. The molecule has 0 atom stereocenters. The second-order valence-corrected chi connectivity index (χ2v) is 7.48. The van der Waals surface area contributed by atoms with Crippen molar-refractivity contribution >= 4 is 40.4 Å². The van der Waals surface area contributed by atoms with Gasteiger partial charge in [-0.1, -0.05) is 23.7 Å². The fourth-order valence-electron chi connectivity index (χ4n) is 2.58. The molecule has 1 aromatic carbocycles. The van der Waals surface area contributed by atoms with Gasteiger partial charge in [0.2, 0.25) is 5.95 Å². The van der Waals surface area contributed by atoms with Crippen LogP contribution < -0.4 is 16.2 Å². The van der Waals surface area contributed by atoms with Crippen molar-refractivity contribution in [2.24, 2.45) is 0 Å². The number of halogens is 1. The second kappa shape index (κ2) is 7.42. The number of aromatic amines is 1. The third-order valence-corrected chi connectivity index (χ3v) is 5.32. The maximum absolute atomic E-state index is 12.3. The van der Waals surface area contributed by atoms with Gasteiger partial charge in [0.25, 0.3) is 11.3 Å². The number of hydrogen-bond donors (Lipinski definition) is 3. The lowest BCUT2D eigenvalue weighted by Crippen LogP contribution is -2.17. The summed E-state index contributed by atoms with van der Waals surface area (Å²) in [6, 6.07) is 11.2. The summed E-state index contributed by atoms with van der Waals surface area (Å²) in [6.45, 7) is 2.98. The van der Waals surface area contributed by atoms with Crippen LogP contribution in [0.3, 0.4) is 0 Å². The summed E-state index contributed by atoms with van der Waals surface area (Å²) in [7, 11) is 0. The summed E-state index contributed by atoms with van der Waals surface area (Å²) in [5, 5.41) is 12.0. The lowest BCUT2D eigenvalue weighted by molar-refractivity contribution is 0.875. The summed E-state index contributed by atoms with van der Waals surface area (Å²) < 4.78 is 1.32. The first-order valence-electron chi connectivity index (χ1n) is 8.33. The van der Waals surface area contributed by atoms with E-state index in [0.29, 0.717) is 35.5 Å². The van der Waals surface area contributed by atoms with Crippen LogP contribution in [0.4, 0.5) is 11.6 Å². The zero-order chi connectivity index (χ0) is 18.8. The summed E-state index contributed by atoms with van der Waals surface area (Å²) in [5.41, 5.74) is 2.27. The standard InChI is InChI=1S/C18H17ClN6OS/c1-11-4-5-12(7-15(11)19)20-9-13-8-16(26)25-18(22-13)23-17(24-25)21-10-14-3-2-6-27-14/h2-8,20H,9-10H2,1H3,(H2,21,22,23,24). The quantitative estimate of drug-likeness (QED) is 0.459. The molecule has 0 saturated heterocycles. The Kier molecular flexibility index (Phi) is 4.83. The van der Waals surface area contributed by atoms with E-state index in [9.17, 15) is 4.79 Å². The molecule has 0 aliphatic carbocycles. The van der Waals surface area contributed by atoms with Gasteiger partial charge in [-0.05, 0) is 36.1 Å². The van der Waals surface area contributed by atoms with Gasteiger partial charge in [0, 0.05) is 21.7 Å². The molecule has 0 radical (unpaired) electrons. The predicted octanol–water partition coefficient (Wildman–Crippen LogP) is 3.67. The van der Waals surface area contributed by atoms with Gasteiger partial charge >= 0.3 is 0 Å². The zero-order valence-electron chi connectivity index (χ0n) is 14.5. The molecular formula is C18H17ClN6OS. The van der Waals surface area contributed by atoms with Crippen LogP contribution in [0.1, 0.15) is 16.1 Å². The molecule has 3 aromatic heterocycles. The summed E-state index contributed by atoms with van der Waals surface area (Å²) >= 11 is 7.79. The van der Waals surface area contributed by atoms with Crippen molar-refractivity contribution in [3.63, 3.8) is 0 Å². The monoisotopic (exact) mass is 400 g/mol. The molecule has 0 spiro atoms. The first kappa shape index (κ1) is 17.6. The molecule has 138 valence electrons. The number of nitrogens with zero attached hydrogens (tertiary/aromatic N) is 3. The van der Waals surface area contributed by atoms with Crippen LogP contribution in [0.15, 0.2) is 46.6 Å². The molecule has 3 heterocycles. The number of H-pyrrole nitrogens is 1. The molecule has 0 aliphatic rings. The predicted molar refractivity (Wildman–Crippen MR) is 109 cm³/mol. The number of aryl methyl sites for hydroxylation is 1. The highest BCUT2D eigenvalue weighted by molar-refractivity contribution is 7.09. The highest BCUT2D eigenvalue weighted by atomic mass is 35.5. The van der Waals surface area contributed by atoms with E-state index in [0.717, 1.165) is 11.3 Å². The Morgan fingerprint density at radius 1 is 1.19 bits per heavy atom. The molecule has 0 saturated carbocycles. The molecule has 7 nitrogen and oxygen atoms in total. The minimum Gasteiger partial charge on any atom is -0.379 e. The van der Waals surface area contributed by atoms with Crippen molar-refractivity contribution < 1.29 is 0 Å². The molecular weight excluding hydrogens is 384 g/mol. The molecule has 0 bridgehead atoms. The molecule has 4 aromatic rings.